The van der Waals surface area contributed by atoms with E-state index in [2.05, 4.69) is 0 Å². The zero-order valence-electron chi connectivity index (χ0n) is 9.77. The molecule has 0 saturated heterocycles. The second kappa shape index (κ2) is 4.85. The molecule has 17 heavy (non-hydrogen) atoms. The van der Waals surface area contributed by atoms with Crippen molar-refractivity contribution in [3.63, 3.8) is 0 Å². The highest BCUT2D eigenvalue weighted by atomic mass is 32.1. The van der Waals surface area contributed by atoms with E-state index >= 15 is 0 Å². The summed E-state index contributed by atoms with van der Waals surface area (Å²) in [5.74, 6) is -0.881. The molecule has 0 radical (unpaired) electrons. The fourth-order valence-electron chi connectivity index (χ4n) is 1.66. The smallest absolute Gasteiger partial charge is 0.346 e. The molecule has 0 aliphatic carbocycles. The molecule has 1 aromatic heterocycles. The number of carboxylic acid groups (broad SMARTS) is 1. The number of ether oxygens (including phenoxy) is 1. The highest BCUT2D eigenvalue weighted by molar-refractivity contribution is 7.21. The van der Waals surface area contributed by atoms with Crippen molar-refractivity contribution in [2.45, 2.75) is 26.6 Å². The summed E-state index contributed by atoms with van der Waals surface area (Å²) in [5, 5.41) is 10.2. The van der Waals surface area contributed by atoms with Gasteiger partial charge in [0.15, 0.2) is 0 Å². The molecule has 90 valence electrons. The quantitative estimate of drug-likeness (QED) is 0.903. The maximum Gasteiger partial charge on any atom is 0.346 e. The van der Waals surface area contributed by atoms with Crippen LogP contribution in [-0.4, -0.2) is 17.2 Å². The number of fused-ring (bicyclic) bond motifs is 1. The van der Waals surface area contributed by atoms with E-state index in [1.165, 1.54) is 11.3 Å². The van der Waals surface area contributed by atoms with Gasteiger partial charge in [-0.1, -0.05) is 18.2 Å². The van der Waals surface area contributed by atoms with Crippen molar-refractivity contribution >= 4 is 27.4 Å². The Balaban J connectivity index is 2.48. The predicted molar refractivity (Wildman–Crippen MR) is 68.7 cm³/mol. The number of thiophene rings is 1. The lowest BCUT2D eigenvalue weighted by molar-refractivity contribution is 0.0618. The summed E-state index contributed by atoms with van der Waals surface area (Å²) in [6.07, 6.45) is 0.0929. The minimum atomic E-state index is -0.881. The van der Waals surface area contributed by atoms with E-state index in [-0.39, 0.29) is 6.10 Å². The molecule has 1 aromatic carbocycles. The van der Waals surface area contributed by atoms with Crippen LogP contribution in [0.3, 0.4) is 0 Å². The van der Waals surface area contributed by atoms with Gasteiger partial charge in [-0.2, -0.15) is 0 Å². The number of carbonyl (C=O) groups is 1. The van der Waals surface area contributed by atoms with Crippen LogP contribution in [0.25, 0.3) is 10.1 Å². The first-order valence-corrected chi connectivity index (χ1v) is 6.26. The molecule has 0 amide bonds. The zero-order valence-corrected chi connectivity index (χ0v) is 10.6. The third kappa shape index (κ3) is 2.48. The summed E-state index contributed by atoms with van der Waals surface area (Å²) in [6.45, 7) is 4.23. The normalized spacial score (nSPS) is 11.2. The molecule has 3 nitrogen and oxygen atoms in total. The van der Waals surface area contributed by atoms with Gasteiger partial charge < -0.3 is 9.84 Å². The third-order valence-electron chi connectivity index (χ3n) is 2.45. The Morgan fingerprint density at radius 2 is 2.12 bits per heavy atom. The fourth-order valence-corrected chi connectivity index (χ4v) is 2.71. The van der Waals surface area contributed by atoms with Gasteiger partial charge in [0.1, 0.15) is 4.88 Å². The van der Waals surface area contributed by atoms with E-state index in [9.17, 15) is 9.90 Å². The molecule has 0 atom stereocenters. The van der Waals surface area contributed by atoms with Crippen molar-refractivity contribution in [3.05, 3.63) is 34.7 Å². The molecule has 2 rings (SSSR count). The van der Waals surface area contributed by atoms with Gasteiger partial charge in [-0.25, -0.2) is 4.79 Å². The van der Waals surface area contributed by atoms with Crippen LogP contribution in [-0.2, 0) is 11.3 Å². The summed E-state index contributed by atoms with van der Waals surface area (Å²) in [5.41, 5.74) is 0.784. The summed E-state index contributed by atoms with van der Waals surface area (Å²) >= 11 is 1.30. The second-order valence-electron chi connectivity index (χ2n) is 4.07. The Labute approximate surface area is 104 Å². The van der Waals surface area contributed by atoms with Crippen LogP contribution in [0.15, 0.2) is 24.3 Å². The van der Waals surface area contributed by atoms with E-state index in [1.807, 2.05) is 38.1 Å². The lowest BCUT2D eigenvalue weighted by atomic mass is 10.1. The van der Waals surface area contributed by atoms with Crippen LogP contribution in [0.4, 0.5) is 0 Å². The summed E-state index contributed by atoms with van der Waals surface area (Å²) in [6, 6.07) is 7.71. The van der Waals surface area contributed by atoms with Crippen molar-refractivity contribution in [2.75, 3.05) is 0 Å². The molecule has 2 aromatic rings. The number of carboxylic acids is 1. The minimum Gasteiger partial charge on any atom is -0.477 e. The van der Waals surface area contributed by atoms with Crippen molar-refractivity contribution in [1.82, 2.24) is 0 Å². The number of rotatable bonds is 4. The zero-order chi connectivity index (χ0) is 12.4. The molecule has 1 heterocycles. The number of aromatic carboxylic acids is 1. The molecule has 4 heteroatoms. The molecular weight excluding hydrogens is 236 g/mol. The molecule has 0 aliphatic heterocycles. The van der Waals surface area contributed by atoms with Crippen LogP contribution in [0, 0.1) is 0 Å². The van der Waals surface area contributed by atoms with Crippen LogP contribution >= 0.6 is 11.3 Å². The molecule has 0 aliphatic rings. The maximum absolute atomic E-state index is 11.2. The van der Waals surface area contributed by atoms with Gasteiger partial charge in [-0.15, -0.1) is 11.3 Å². The topological polar surface area (TPSA) is 46.5 Å². The standard InChI is InChI=1S/C13H14O3S/c1-8(2)16-7-10-9-5-3-4-6-11(9)17-12(10)13(14)15/h3-6,8H,7H2,1-2H3,(H,14,15). The first-order valence-electron chi connectivity index (χ1n) is 5.45. The van der Waals surface area contributed by atoms with Crippen LogP contribution in [0.2, 0.25) is 0 Å². The largest absolute Gasteiger partial charge is 0.477 e. The highest BCUT2D eigenvalue weighted by Crippen LogP contribution is 2.31. The lowest BCUT2D eigenvalue weighted by Gasteiger charge is -2.07. The Hall–Kier alpha value is -1.39. The average Bonchev–Trinajstić information content (AvgIpc) is 2.65. The van der Waals surface area contributed by atoms with Gasteiger partial charge in [-0.3, -0.25) is 0 Å². The Morgan fingerprint density at radius 1 is 1.41 bits per heavy atom. The van der Waals surface area contributed by atoms with Crippen molar-refractivity contribution in [1.29, 1.82) is 0 Å². The number of hydrogen-bond donors (Lipinski definition) is 1. The van der Waals surface area contributed by atoms with Gasteiger partial charge in [0, 0.05) is 10.3 Å². The average molecular weight is 250 g/mol. The second-order valence-corrected chi connectivity index (χ2v) is 5.12. The van der Waals surface area contributed by atoms with Gasteiger partial charge >= 0.3 is 5.97 Å². The van der Waals surface area contributed by atoms with Crippen LogP contribution in [0.5, 0.6) is 0 Å². The van der Waals surface area contributed by atoms with E-state index in [1.54, 1.807) is 0 Å². The van der Waals surface area contributed by atoms with Gasteiger partial charge in [0.2, 0.25) is 0 Å². The summed E-state index contributed by atoms with van der Waals surface area (Å²) in [4.78, 5) is 11.6. The first kappa shape index (κ1) is 12.1. The van der Waals surface area contributed by atoms with E-state index in [4.69, 9.17) is 4.74 Å². The van der Waals surface area contributed by atoms with Crippen LogP contribution in [0.1, 0.15) is 29.1 Å². The molecular formula is C13H14O3S. The van der Waals surface area contributed by atoms with Gasteiger partial charge in [0.25, 0.3) is 0 Å². The predicted octanol–water partition coefficient (Wildman–Crippen LogP) is 3.52. The minimum absolute atomic E-state index is 0.0929. The summed E-state index contributed by atoms with van der Waals surface area (Å²) in [7, 11) is 0. The SMILES string of the molecule is CC(C)OCc1c(C(=O)O)sc2ccccc12. The van der Waals surface area contributed by atoms with Crippen molar-refractivity contribution in [2.24, 2.45) is 0 Å². The molecule has 0 unspecified atom stereocenters. The van der Waals surface area contributed by atoms with E-state index in [0.29, 0.717) is 11.5 Å². The van der Waals surface area contributed by atoms with Gasteiger partial charge in [0.05, 0.1) is 12.7 Å². The highest BCUT2D eigenvalue weighted by Gasteiger charge is 2.17. The van der Waals surface area contributed by atoms with E-state index in [0.717, 1.165) is 15.6 Å². The van der Waals surface area contributed by atoms with Crippen molar-refractivity contribution in [3.8, 4) is 0 Å². The van der Waals surface area contributed by atoms with E-state index < -0.39 is 5.97 Å². The molecule has 0 fully saturated rings. The fraction of sp³-hybridized carbons (Fsp3) is 0.308. The number of hydrogen-bond acceptors (Lipinski definition) is 3. The Bertz CT molecular complexity index is 543. The molecule has 0 saturated carbocycles. The molecule has 0 bridgehead atoms. The molecule has 1 N–H and O–H groups in total. The van der Waals surface area contributed by atoms with Crippen molar-refractivity contribution < 1.29 is 14.6 Å². The third-order valence-corrected chi connectivity index (χ3v) is 3.65. The maximum atomic E-state index is 11.2. The lowest BCUT2D eigenvalue weighted by Crippen LogP contribution is -2.05. The Kier molecular flexibility index (Phi) is 3.45. The van der Waals surface area contributed by atoms with Gasteiger partial charge in [-0.05, 0) is 25.3 Å². The summed E-state index contributed by atoms with van der Waals surface area (Å²) < 4.78 is 6.52. The monoisotopic (exact) mass is 250 g/mol. The number of benzene rings is 1. The van der Waals surface area contributed by atoms with Crippen LogP contribution < -0.4 is 0 Å². The Morgan fingerprint density at radius 3 is 2.76 bits per heavy atom. The first-order chi connectivity index (χ1) is 8.09. The molecule has 0 spiro atoms.